The first-order chi connectivity index (χ1) is 7.58. The molecule has 5 nitrogen and oxygen atoms in total. The SMILES string of the molecule is CC(=O)Nc1ccc(SCCN(C)C)nn1. The van der Waals surface area contributed by atoms with Crippen LogP contribution >= 0.6 is 11.8 Å². The van der Waals surface area contributed by atoms with E-state index in [4.69, 9.17) is 0 Å². The normalized spacial score (nSPS) is 10.5. The summed E-state index contributed by atoms with van der Waals surface area (Å²) in [5.41, 5.74) is 0. The van der Waals surface area contributed by atoms with Gasteiger partial charge in [0.25, 0.3) is 0 Å². The Morgan fingerprint density at radius 2 is 2.19 bits per heavy atom. The molecule has 0 atom stereocenters. The molecule has 0 spiro atoms. The maximum atomic E-state index is 10.8. The van der Waals surface area contributed by atoms with E-state index in [1.165, 1.54) is 6.92 Å². The number of hydrogen-bond donors (Lipinski definition) is 1. The van der Waals surface area contributed by atoms with Gasteiger partial charge in [0, 0.05) is 19.2 Å². The van der Waals surface area contributed by atoms with Gasteiger partial charge >= 0.3 is 0 Å². The second-order valence-electron chi connectivity index (χ2n) is 3.59. The van der Waals surface area contributed by atoms with Gasteiger partial charge in [-0.15, -0.1) is 22.0 Å². The van der Waals surface area contributed by atoms with Crippen molar-refractivity contribution in [3.05, 3.63) is 12.1 Å². The average Bonchev–Trinajstić information content (AvgIpc) is 2.19. The van der Waals surface area contributed by atoms with E-state index in [9.17, 15) is 4.79 Å². The summed E-state index contributed by atoms with van der Waals surface area (Å²) in [6.45, 7) is 2.45. The minimum absolute atomic E-state index is 0.137. The molecule has 0 fully saturated rings. The molecule has 88 valence electrons. The predicted octanol–water partition coefficient (Wildman–Crippen LogP) is 1.09. The van der Waals surface area contributed by atoms with Crippen molar-refractivity contribution in [2.75, 3.05) is 31.7 Å². The molecule has 1 aromatic heterocycles. The Morgan fingerprint density at radius 1 is 1.44 bits per heavy atom. The molecule has 0 aliphatic rings. The molecule has 0 saturated carbocycles. The first-order valence-corrected chi connectivity index (χ1v) is 5.95. The summed E-state index contributed by atoms with van der Waals surface area (Å²) in [5, 5.41) is 11.4. The largest absolute Gasteiger partial charge is 0.309 e. The number of nitrogens with zero attached hydrogens (tertiary/aromatic N) is 3. The van der Waals surface area contributed by atoms with E-state index in [1.807, 2.05) is 20.2 Å². The number of amides is 1. The number of thioether (sulfide) groups is 1. The van der Waals surface area contributed by atoms with Crippen LogP contribution in [0.15, 0.2) is 17.2 Å². The Hall–Kier alpha value is -1.14. The van der Waals surface area contributed by atoms with Gasteiger partial charge in [-0.3, -0.25) is 4.79 Å². The lowest BCUT2D eigenvalue weighted by Crippen LogP contribution is -2.14. The van der Waals surface area contributed by atoms with Gasteiger partial charge in [0.05, 0.1) is 0 Å². The van der Waals surface area contributed by atoms with Crippen LogP contribution in [0.2, 0.25) is 0 Å². The van der Waals surface area contributed by atoms with Crippen molar-refractivity contribution in [2.24, 2.45) is 0 Å². The fourth-order valence-electron chi connectivity index (χ4n) is 0.977. The molecule has 0 bridgehead atoms. The number of nitrogens with one attached hydrogen (secondary N) is 1. The van der Waals surface area contributed by atoms with Crippen molar-refractivity contribution >= 4 is 23.5 Å². The monoisotopic (exact) mass is 240 g/mol. The Bertz CT molecular complexity index is 339. The Kier molecular flexibility index (Phi) is 5.21. The molecule has 1 aromatic rings. The summed E-state index contributed by atoms with van der Waals surface area (Å²) in [6.07, 6.45) is 0. The fourth-order valence-corrected chi connectivity index (χ4v) is 1.91. The molecule has 0 aliphatic heterocycles. The Balaban J connectivity index is 2.42. The van der Waals surface area contributed by atoms with Crippen LogP contribution in [0.25, 0.3) is 0 Å². The highest BCUT2D eigenvalue weighted by atomic mass is 32.2. The van der Waals surface area contributed by atoms with Crippen LogP contribution < -0.4 is 5.32 Å². The molecule has 0 aliphatic carbocycles. The number of carbonyl (C=O) groups is 1. The second-order valence-corrected chi connectivity index (χ2v) is 4.70. The third-order valence-corrected chi connectivity index (χ3v) is 2.63. The van der Waals surface area contributed by atoms with Crippen molar-refractivity contribution in [2.45, 2.75) is 11.9 Å². The summed E-state index contributed by atoms with van der Waals surface area (Å²) >= 11 is 1.65. The highest BCUT2D eigenvalue weighted by Gasteiger charge is 2.00. The maximum Gasteiger partial charge on any atom is 0.222 e. The number of hydrogen-bond acceptors (Lipinski definition) is 5. The van der Waals surface area contributed by atoms with Crippen molar-refractivity contribution in [3.63, 3.8) is 0 Å². The van der Waals surface area contributed by atoms with Gasteiger partial charge < -0.3 is 10.2 Å². The summed E-state index contributed by atoms with van der Waals surface area (Å²) in [5.74, 6) is 1.33. The van der Waals surface area contributed by atoms with E-state index in [-0.39, 0.29) is 5.91 Å². The van der Waals surface area contributed by atoms with Crippen LogP contribution in [0.4, 0.5) is 5.82 Å². The third-order valence-electron chi connectivity index (χ3n) is 1.73. The van der Waals surface area contributed by atoms with Gasteiger partial charge in [-0.25, -0.2) is 0 Å². The molecule has 1 N–H and O–H groups in total. The standard InChI is InChI=1S/C10H16N4OS/c1-8(15)11-9-4-5-10(13-12-9)16-7-6-14(2)3/h4-5H,6-7H2,1-3H3,(H,11,12,15). The fraction of sp³-hybridized carbons (Fsp3) is 0.500. The third kappa shape index (κ3) is 5.09. The lowest BCUT2D eigenvalue weighted by molar-refractivity contribution is -0.114. The number of rotatable bonds is 5. The van der Waals surface area contributed by atoms with E-state index in [2.05, 4.69) is 20.4 Å². The predicted molar refractivity (Wildman–Crippen MR) is 65.6 cm³/mol. The van der Waals surface area contributed by atoms with Crippen LogP contribution in [0.3, 0.4) is 0 Å². The highest BCUT2D eigenvalue weighted by Crippen LogP contribution is 2.14. The lowest BCUT2D eigenvalue weighted by Gasteiger charge is -2.08. The van der Waals surface area contributed by atoms with Gasteiger partial charge in [0.2, 0.25) is 5.91 Å². The zero-order valence-corrected chi connectivity index (χ0v) is 10.5. The first kappa shape index (κ1) is 12.9. The summed E-state index contributed by atoms with van der Waals surface area (Å²) < 4.78 is 0. The Labute approximate surface area is 99.6 Å². The molecule has 0 saturated heterocycles. The van der Waals surface area contributed by atoms with Crippen LogP contribution in [-0.4, -0.2) is 47.4 Å². The number of carbonyl (C=O) groups excluding carboxylic acids is 1. The van der Waals surface area contributed by atoms with Crippen molar-refractivity contribution in [1.82, 2.24) is 15.1 Å². The van der Waals surface area contributed by atoms with Gasteiger partial charge in [-0.05, 0) is 26.2 Å². The minimum atomic E-state index is -0.137. The lowest BCUT2D eigenvalue weighted by atomic mass is 10.5. The van der Waals surface area contributed by atoms with Crippen LogP contribution in [0.1, 0.15) is 6.92 Å². The zero-order valence-electron chi connectivity index (χ0n) is 9.73. The van der Waals surface area contributed by atoms with E-state index >= 15 is 0 Å². The van der Waals surface area contributed by atoms with Gasteiger partial charge in [-0.2, -0.15) is 0 Å². The smallest absolute Gasteiger partial charge is 0.222 e. The summed E-state index contributed by atoms with van der Waals surface area (Å²) in [7, 11) is 4.07. The summed E-state index contributed by atoms with van der Waals surface area (Å²) in [6, 6.07) is 3.62. The molecule has 1 amide bonds. The van der Waals surface area contributed by atoms with Gasteiger partial charge in [0.15, 0.2) is 5.82 Å². The molecular formula is C10H16N4OS. The van der Waals surface area contributed by atoms with E-state index in [0.717, 1.165) is 17.3 Å². The first-order valence-electron chi connectivity index (χ1n) is 4.97. The second kappa shape index (κ2) is 6.44. The van der Waals surface area contributed by atoms with Gasteiger partial charge in [0.1, 0.15) is 5.03 Å². The number of anilines is 1. The van der Waals surface area contributed by atoms with E-state index in [0.29, 0.717) is 5.82 Å². The van der Waals surface area contributed by atoms with Crippen molar-refractivity contribution in [1.29, 1.82) is 0 Å². The zero-order chi connectivity index (χ0) is 12.0. The van der Waals surface area contributed by atoms with Crippen molar-refractivity contribution < 1.29 is 4.79 Å². The maximum absolute atomic E-state index is 10.8. The molecule has 1 rings (SSSR count). The summed E-state index contributed by atoms with van der Waals surface area (Å²) in [4.78, 5) is 12.9. The molecule has 1 heterocycles. The molecular weight excluding hydrogens is 224 g/mol. The number of aromatic nitrogens is 2. The molecule has 16 heavy (non-hydrogen) atoms. The quantitative estimate of drug-likeness (QED) is 0.781. The van der Waals surface area contributed by atoms with E-state index < -0.39 is 0 Å². The van der Waals surface area contributed by atoms with Crippen LogP contribution in [-0.2, 0) is 4.79 Å². The topological polar surface area (TPSA) is 58.1 Å². The van der Waals surface area contributed by atoms with Gasteiger partial charge in [-0.1, -0.05) is 0 Å². The Morgan fingerprint density at radius 3 is 2.69 bits per heavy atom. The molecule has 0 aromatic carbocycles. The van der Waals surface area contributed by atoms with Crippen LogP contribution in [0, 0.1) is 0 Å². The molecule has 0 unspecified atom stereocenters. The van der Waals surface area contributed by atoms with Crippen molar-refractivity contribution in [3.8, 4) is 0 Å². The van der Waals surface area contributed by atoms with Crippen LogP contribution in [0.5, 0.6) is 0 Å². The van der Waals surface area contributed by atoms with E-state index in [1.54, 1.807) is 17.8 Å². The minimum Gasteiger partial charge on any atom is -0.309 e. The highest BCUT2D eigenvalue weighted by molar-refractivity contribution is 7.99. The average molecular weight is 240 g/mol. The molecule has 0 radical (unpaired) electrons. The molecule has 6 heteroatoms.